The number of aromatic nitrogens is 1. The van der Waals surface area contributed by atoms with Gasteiger partial charge in [-0.05, 0) is 55.3 Å². The van der Waals surface area contributed by atoms with Crippen LogP contribution < -0.4 is 9.64 Å². The molecule has 4 rings (SSSR count). The summed E-state index contributed by atoms with van der Waals surface area (Å²) >= 11 is 0. The van der Waals surface area contributed by atoms with Gasteiger partial charge in [0.25, 0.3) is 5.78 Å². The van der Waals surface area contributed by atoms with Gasteiger partial charge < -0.3 is 9.84 Å². The van der Waals surface area contributed by atoms with Gasteiger partial charge in [-0.2, -0.15) is 0 Å². The molecule has 1 atom stereocenters. The van der Waals surface area contributed by atoms with E-state index in [-0.39, 0.29) is 22.7 Å². The summed E-state index contributed by atoms with van der Waals surface area (Å²) in [7, 11) is 0. The van der Waals surface area contributed by atoms with Gasteiger partial charge in [0.15, 0.2) is 0 Å². The molecule has 6 nitrogen and oxygen atoms in total. The largest absolute Gasteiger partial charge is 0.507 e. The molecule has 0 radical (unpaired) electrons. The van der Waals surface area contributed by atoms with Crippen molar-refractivity contribution in [1.29, 1.82) is 0 Å². The highest BCUT2D eigenvalue weighted by molar-refractivity contribution is 6.51. The van der Waals surface area contributed by atoms with Crippen molar-refractivity contribution in [3.63, 3.8) is 0 Å². The van der Waals surface area contributed by atoms with Crippen LogP contribution in [0.4, 0.5) is 10.2 Å². The van der Waals surface area contributed by atoms with E-state index in [0.29, 0.717) is 17.9 Å². The number of ether oxygens (including phenoxy) is 1. The van der Waals surface area contributed by atoms with E-state index in [1.165, 1.54) is 24.4 Å². The van der Waals surface area contributed by atoms with E-state index in [9.17, 15) is 19.1 Å². The predicted molar refractivity (Wildman–Crippen MR) is 122 cm³/mol. The molecule has 1 aliphatic heterocycles. The third kappa shape index (κ3) is 4.09. The standard InChI is InChI=1S/C26H23FN2O4/c1-3-14-33-20-12-11-17(15-16(20)2)24(30)22-23(18-8-4-5-9-19(18)27)29(26(32)25(22)31)21-10-6-7-13-28-21/h4-13,15,23,30H,3,14H2,1-2H3/t23-/m0/s1. The maximum absolute atomic E-state index is 14.9. The molecule has 1 aliphatic rings. The molecule has 0 saturated carbocycles. The normalized spacial score (nSPS) is 17.4. The molecule has 1 N–H and O–H groups in total. The van der Waals surface area contributed by atoms with Crippen LogP contribution >= 0.6 is 0 Å². The van der Waals surface area contributed by atoms with Crippen molar-refractivity contribution in [2.45, 2.75) is 26.3 Å². The monoisotopic (exact) mass is 446 g/mol. The maximum Gasteiger partial charge on any atom is 0.301 e. The summed E-state index contributed by atoms with van der Waals surface area (Å²) in [6, 6.07) is 14.6. The minimum absolute atomic E-state index is 0.0866. The van der Waals surface area contributed by atoms with Crippen LogP contribution in [-0.4, -0.2) is 28.4 Å². The first kappa shape index (κ1) is 22.2. The second-order valence-electron chi connectivity index (χ2n) is 7.71. The number of aliphatic hydroxyl groups is 1. The Kier molecular flexibility index (Phi) is 6.22. The van der Waals surface area contributed by atoms with Gasteiger partial charge in [0.1, 0.15) is 23.1 Å². The van der Waals surface area contributed by atoms with Crippen LogP contribution in [0.2, 0.25) is 0 Å². The molecule has 33 heavy (non-hydrogen) atoms. The highest BCUT2D eigenvalue weighted by atomic mass is 19.1. The third-order valence-corrected chi connectivity index (χ3v) is 5.45. The van der Waals surface area contributed by atoms with Crippen LogP contribution in [0.15, 0.2) is 72.4 Å². The molecule has 0 bridgehead atoms. The number of aryl methyl sites for hydroxylation is 1. The van der Waals surface area contributed by atoms with Crippen molar-refractivity contribution in [3.8, 4) is 5.75 Å². The highest BCUT2D eigenvalue weighted by Gasteiger charge is 2.48. The molecular formula is C26H23FN2O4. The van der Waals surface area contributed by atoms with Crippen molar-refractivity contribution in [2.24, 2.45) is 0 Å². The lowest BCUT2D eigenvalue weighted by Crippen LogP contribution is -2.30. The average Bonchev–Trinajstić information content (AvgIpc) is 3.09. The molecule has 0 unspecified atom stereocenters. The second kappa shape index (κ2) is 9.24. The van der Waals surface area contributed by atoms with Gasteiger partial charge in [-0.15, -0.1) is 0 Å². The number of amides is 1. The van der Waals surface area contributed by atoms with Crippen molar-refractivity contribution >= 4 is 23.3 Å². The van der Waals surface area contributed by atoms with Crippen LogP contribution in [0.5, 0.6) is 5.75 Å². The fourth-order valence-electron chi connectivity index (χ4n) is 3.88. The summed E-state index contributed by atoms with van der Waals surface area (Å²) in [5.74, 6) is -1.93. The van der Waals surface area contributed by atoms with Gasteiger partial charge in [-0.25, -0.2) is 9.37 Å². The summed E-state index contributed by atoms with van der Waals surface area (Å²) in [6.07, 6.45) is 2.33. The molecule has 1 aromatic heterocycles. The number of rotatable bonds is 6. The van der Waals surface area contributed by atoms with E-state index >= 15 is 0 Å². The Bertz CT molecular complexity index is 1240. The van der Waals surface area contributed by atoms with E-state index in [0.717, 1.165) is 16.9 Å². The summed E-state index contributed by atoms with van der Waals surface area (Å²) in [5, 5.41) is 11.2. The number of nitrogens with zero attached hydrogens (tertiary/aromatic N) is 2. The smallest absolute Gasteiger partial charge is 0.301 e. The first-order chi connectivity index (χ1) is 15.9. The number of carbonyl (C=O) groups excluding carboxylic acids is 2. The minimum atomic E-state index is -1.17. The highest BCUT2D eigenvalue weighted by Crippen LogP contribution is 2.42. The van der Waals surface area contributed by atoms with Crippen LogP contribution in [0.25, 0.3) is 5.76 Å². The molecule has 2 aromatic carbocycles. The SMILES string of the molecule is CCCOc1ccc(C(O)=C2C(=O)C(=O)N(c3ccccn3)[C@H]2c2ccccc2F)cc1C. The first-order valence-corrected chi connectivity index (χ1v) is 10.6. The van der Waals surface area contributed by atoms with E-state index in [1.54, 1.807) is 42.5 Å². The number of halogens is 1. The second-order valence-corrected chi connectivity index (χ2v) is 7.71. The van der Waals surface area contributed by atoms with Gasteiger partial charge in [0.2, 0.25) is 0 Å². The topological polar surface area (TPSA) is 79.7 Å². The van der Waals surface area contributed by atoms with E-state index in [1.807, 2.05) is 13.8 Å². The molecular weight excluding hydrogens is 423 g/mol. The first-order valence-electron chi connectivity index (χ1n) is 10.6. The Balaban J connectivity index is 1.89. The molecule has 0 spiro atoms. The van der Waals surface area contributed by atoms with E-state index in [4.69, 9.17) is 4.74 Å². The van der Waals surface area contributed by atoms with E-state index < -0.39 is 23.5 Å². The predicted octanol–water partition coefficient (Wildman–Crippen LogP) is 4.94. The molecule has 1 fully saturated rings. The summed E-state index contributed by atoms with van der Waals surface area (Å²) < 4.78 is 20.5. The Morgan fingerprint density at radius 1 is 1.12 bits per heavy atom. The van der Waals surface area contributed by atoms with Gasteiger partial charge in [-0.1, -0.05) is 31.2 Å². The number of Topliss-reactive ketones (excluding diaryl/α,β-unsaturated/α-hetero) is 1. The quantitative estimate of drug-likeness (QED) is 0.329. The molecule has 0 aliphatic carbocycles. The molecule has 2 heterocycles. The molecule has 1 amide bonds. The van der Waals surface area contributed by atoms with Crippen LogP contribution in [0.1, 0.15) is 36.1 Å². The Labute approximate surface area is 191 Å². The van der Waals surface area contributed by atoms with Gasteiger partial charge in [0, 0.05) is 17.3 Å². The van der Waals surface area contributed by atoms with E-state index in [2.05, 4.69) is 4.98 Å². The molecule has 3 aromatic rings. The van der Waals surface area contributed by atoms with Crippen molar-refractivity contribution in [2.75, 3.05) is 11.5 Å². The lowest BCUT2D eigenvalue weighted by molar-refractivity contribution is -0.132. The summed E-state index contributed by atoms with van der Waals surface area (Å²) in [5.41, 5.74) is 0.978. The lowest BCUT2D eigenvalue weighted by Gasteiger charge is -2.24. The van der Waals surface area contributed by atoms with Crippen molar-refractivity contribution < 1.29 is 23.8 Å². The Morgan fingerprint density at radius 3 is 2.55 bits per heavy atom. The number of aliphatic hydroxyl groups excluding tert-OH is 1. The fraction of sp³-hybridized carbons (Fsp3) is 0.192. The number of benzene rings is 2. The summed E-state index contributed by atoms with van der Waals surface area (Å²) in [6.45, 7) is 4.37. The molecule has 1 saturated heterocycles. The maximum atomic E-state index is 14.9. The Morgan fingerprint density at radius 2 is 1.88 bits per heavy atom. The average molecular weight is 446 g/mol. The number of pyridine rings is 1. The molecule has 7 heteroatoms. The number of hydrogen-bond donors (Lipinski definition) is 1. The number of ketones is 1. The zero-order valence-electron chi connectivity index (χ0n) is 18.3. The van der Waals surface area contributed by atoms with Crippen molar-refractivity contribution in [1.82, 2.24) is 4.98 Å². The van der Waals surface area contributed by atoms with Crippen LogP contribution in [0.3, 0.4) is 0 Å². The fourth-order valence-corrected chi connectivity index (χ4v) is 3.88. The van der Waals surface area contributed by atoms with Gasteiger partial charge in [0.05, 0.1) is 18.2 Å². The van der Waals surface area contributed by atoms with Gasteiger partial charge in [-0.3, -0.25) is 14.5 Å². The minimum Gasteiger partial charge on any atom is -0.507 e. The lowest BCUT2D eigenvalue weighted by atomic mass is 9.94. The molecule has 168 valence electrons. The number of carbonyl (C=O) groups is 2. The van der Waals surface area contributed by atoms with Crippen molar-refractivity contribution in [3.05, 3.63) is 94.9 Å². The number of hydrogen-bond acceptors (Lipinski definition) is 5. The zero-order chi connectivity index (χ0) is 23.5. The zero-order valence-corrected chi connectivity index (χ0v) is 18.3. The van der Waals surface area contributed by atoms with Crippen LogP contribution in [-0.2, 0) is 9.59 Å². The summed E-state index contributed by atoms with van der Waals surface area (Å²) in [4.78, 5) is 31.4. The third-order valence-electron chi connectivity index (χ3n) is 5.45. The number of anilines is 1. The Hall–Kier alpha value is -4.00. The van der Waals surface area contributed by atoms with Crippen LogP contribution in [0, 0.1) is 12.7 Å². The van der Waals surface area contributed by atoms with Gasteiger partial charge >= 0.3 is 5.91 Å².